The second-order valence-electron chi connectivity index (χ2n) is 8.46. The first-order valence-electron chi connectivity index (χ1n) is 11.7. The molecule has 0 aliphatic heterocycles. The van der Waals surface area contributed by atoms with Gasteiger partial charge in [-0.1, -0.05) is 6.07 Å². The molecule has 0 unspecified atom stereocenters. The zero-order valence-electron chi connectivity index (χ0n) is 21.3. The van der Waals surface area contributed by atoms with Gasteiger partial charge in [-0.05, 0) is 92.9 Å². The van der Waals surface area contributed by atoms with E-state index in [4.69, 9.17) is 0 Å². The standard InChI is InChI=1S/C18H12BrN5O.C10H11BrN2O/c1-11-3-2-4-14(23-11)17(25)13-10-22-24-15(6-8-21-18(13)24)12-5-7-20-16(19)9-12;1-13(2)10(14)4-3-8-5-6-12-9(11)7-8/h2-10H,1H3;3-7H,1-2H3. The maximum absolute atomic E-state index is 12.8. The van der Waals surface area contributed by atoms with Crippen LogP contribution in [0.2, 0.25) is 0 Å². The molecule has 5 heterocycles. The summed E-state index contributed by atoms with van der Waals surface area (Å²) in [5, 5.41) is 4.36. The summed E-state index contributed by atoms with van der Waals surface area (Å²) in [6, 6.07) is 14.7. The van der Waals surface area contributed by atoms with Crippen LogP contribution in [0, 0.1) is 6.92 Å². The third-order valence-corrected chi connectivity index (χ3v) is 6.27. The van der Waals surface area contributed by atoms with Crippen molar-refractivity contribution in [1.82, 2.24) is 34.4 Å². The first-order valence-corrected chi connectivity index (χ1v) is 13.3. The number of likely N-dealkylation sites (N-methyl/N-ethyl adjacent to an activating group) is 1. The number of carbonyl (C=O) groups is 2. The lowest BCUT2D eigenvalue weighted by atomic mass is 10.1. The zero-order valence-corrected chi connectivity index (χ0v) is 24.5. The van der Waals surface area contributed by atoms with Gasteiger partial charge in [0.25, 0.3) is 0 Å². The fraction of sp³-hybridized carbons (Fsp3) is 0.107. The van der Waals surface area contributed by atoms with Gasteiger partial charge in [0.2, 0.25) is 11.7 Å². The Balaban J connectivity index is 0.000000215. The molecule has 0 aromatic carbocycles. The summed E-state index contributed by atoms with van der Waals surface area (Å²) in [4.78, 5) is 42.3. The van der Waals surface area contributed by atoms with E-state index in [0.29, 0.717) is 16.9 Å². The summed E-state index contributed by atoms with van der Waals surface area (Å²) in [7, 11) is 3.43. The number of carbonyl (C=O) groups excluding carboxylic acids is 2. The minimum Gasteiger partial charge on any atom is -0.345 e. The third-order valence-electron chi connectivity index (χ3n) is 5.40. The Morgan fingerprint density at radius 3 is 2.33 bits per heavy atom. The molecular weight excluding hydrogens is 626 g/mol. The molecule has 0 N–H and O–H groups in total. The summed E-state index contributed by atoms with van der Waals surface area (Å²) < 4.78 is 3.14. The first kappa shape index (κ1) is 27.9. The number of ketones is 1. The van der Waals surface area contributed by atoms with Crippen LogP contribution in [0.5, 0.6) is 0 Å². The maximum Gasteiger partial charge on any atom is 0.246 e. The van der Waals surface area contributed by atoms with Crippen LogP contribution < -0.4 is 0 Å². The lowest BCUT2D eigenvalue weighted by molar-refractivity contribution is -0.123. The van der Waals surface area contributed by atoms with E-state index in [2.05, 4.69) is 56.9 Å². The maximum atomic E-state index is 12.8. The van der Waals surface area contributed by atoms with Crippen molar-refractivity contribution in [2.75, 3.05) is 14.1 Å². The number of rotatable bonds is 5. The average Bonchev–Trinajstić information content (AvgIpc) is 3.36. The number of fused-ring (bicyclic) bond motifs is 1. The van der Waals surface area contributed by atoms with E-state index in [0.717, 1.165) is 31.7 Å². The fourth-order valence-corrected chi connectivity index (χ4v) is 4.22. The molecular formula is C28H23Br2N7O2. The van der Waals surface area contributed by atoms with Gasteiger partial charge >= 0.3 is 0 Å². The molecule has 0 saturated heterocycles. The molecule has 0 bridgehead atoms. The highest BCUT2D eigenvalue weighted by Gasteiger charge is 2.19. The molecule has 11 heteroatoms. The van der Waals surface area contributed by atoms with Crippen LogP contribution in [0.4, 0.5) is 0 Å². The number of nitrogens with zero attached hydrogens (tertiary/aromatic N) is 7. The second kappa shape index (κ2) is 12.6. The van der Waals surface area contributed by atoms with Crippen molar-refractivity contribution in [1.29, 1.82) is 0 Å². The van der Waals surface area contributed by atoms with Crippen molar-refractivity contribution >= 4 is 55.3 Å². The Labute approximate surface area is 241 Å². The van der Waals surface area contributed by atoms with Gasteiger partial charge in [0, 0.05) is 50.0 Å². The fourth-order valence-electron chi connectivity index (χ4n) is 3.48. The van der Waals surface area contributed by atoms with Crippen LogP contribution in [0.25, 0.3) is 23.0 Å². The van der Waals surface area contributed by atoms with Crippen molar-refractivity contribution in [3.05, 3.63) is 111 Å². The van der Waals surface area contributed by atoms with Gasteiger partial charge < -0.3 is 4.90 Å². The van der Waals surface area contributed by atoms with Gasteiger partial charge in [0.15, 0.2) is 5.65 Å². The molecule has 196 valence electrons. The van der Waals surface area contributed by atoms with Crippen molar-refractivity contribution in [2.24, 2.45) is 0 Å². The van der Waals surface area contributed by atoms with Crippen molar-refractivity contribution in [3.63, 3.8) is 0 Å². The van der Waals surface area contributed by atoms with Crippen LogP contribution in [0.15, 0.2) is 88.6 Å². The molecule has 1 amide bonds. The number of aromatic nitrogens is 6. The highest BCUT2D eigenvalue weighted by Crippen LogP contribution is 2.23. The van der Waals surface area contributed by atoms with E-state index < -0.39 is 0 Å². The molecule has 5 aromatic heterocycles. The number of amides is 1. The van der Waals surface area contributed by atoms with E-state index in [1.54, 1.807) is 49.3 Å². The number of aryl methyl sites for hydroxylation is 1. The van der Waals surface area contributed by atoms with Gasteiger partial charge in [-0.3, -0.25) is 9.59 Å². The number of pyridine rings is 3. The second-order valence-corrected chi connectivity index (χ2v) is 10.1. The van der Waals surface area contributed by atoms with E-state index in [-0.39, 0.29) is 11.7 Å². The normalized spacial score (nSPS) is 10.8. The molecule has 0 fully saturated rings. The van der Waals surface area contributed by atoms with Gasteiger partial charge in [-0.15, -0.1) is 0 Å². The summed E-state index contributed by atoms with van der Waals surface area (Å²) >= 11 is 6.63. The van der Waals surface area contributed by atoms with Gasteiger partial charge in [0.1, 0.15) is 14.9 Å². The van der Waals surface area contributed by atoms with Crippen molar-refractivity contribution in [3.8, 4) is 11.3 Å². The van der Waals surface area contributed by atoms with Crippen molar-refractivity contribution in [2.45, 2.75) is 6.92 Å². The summed E-state index contributed by atoms with van der Waals surface area (Å²) in [6.07, 6.45) is 9.88. The average molecular weight is 649 g/mol. The SMILES string of the molecule is CN(C)C(=O)C=Cc1ccnc(Br)c1.Cc1cccc(C(=O)c2cnn3c(-c4ccnc(Br)c4)ccnc23)n1. The lowest BCUT2D eigenvalue weighted by Gasteiger charge is -2.05. The third kappa shape index (κ3) is 7.06. The smallest absolute Gasteiger partial charge is 0.246 e. The molecule has 9 nitrogen and oxygen atoms in total. The van der Waals surface area contributed by atoms with Crippen LogP contribution in [-0.2, 0) is 4.79 Å². The largest absolute Gasteiger partial charge is 0.345 e. The van der Waals surface area contributed by atoms with E-state index in [1.807, 2.05) is 49.4 Å². The topological polar surface area (TPSA) is 106 Å². The van der Waals surface area contributed by atoms with E-state index in [1.165, 1.54) is 17.2 Å². The Morgan fingerprint density at radius 2 is 1.64 bits per heavy atom. The van der Waals surface area contributed by atoms with Gasteiger partial charge in [0.05, 0.1) is 17.5 Å². The molecule has 5 aromatic rings. The number of hydrogen-bond acceptors (Lipinski definition) is 7. The van der Waals surface area contributed by atoms with Crippen LogP contribution in [0.3, 0.4) is 0 Å². The molecule has 5 rings (SSSR count). The Kier molecular flexibility index (Phi) is 9.05. The van der Waals surface area contributed by atoms with Crippen LogP contribution in [0.1, 0.15) is 27.3 Å². The molecule has 0 saturated carbocycles. The summed E-state index contributed by atoms with van der Waals surface area (Å²) in [5.41, 5.74) is 4.79. The van der Waals surface area contributed by atoms with Crippen LogP contribution >= 0.6 is 31.9 Å². The molecule has 39 heavy (non-hydrogen) atoms. The lowest BCUT2D eigenvalue weighted by Crippen LogP contribution is -2.18. The molecule has 0 atom stereocenters. The van der Waals surface area contributed by atoms with Crippen molar-refractivity contribution < 1.29 is 9.59 Å². The Morgan fingerprint density at radius 1 is 0.923 bits per heavy atom. The number of halogens is 2. The Hall–Kier alpha value is -4.09. The van der Waals surface area contributed by atoms with Crippen LogP contribution in [-0.4, -0.2) is 60.2 Å². The highest BCUT2D eigenvalue weighted by molar-refractivity contribution is 9.10. The predicted octanol–water partition coefficient (Wildman–Crippen LogP) is 5.43. The van der Waals surface area contributed by atoms with Gasteiger partial charge in [-0.2, -0.15) is 5.10 Å². The van der Waals surface area contributed by atoms with Gasteiger partial charge in [-0.25, -0.2) is 24.5 Å². The van der Waals surface area contributed by atoms with E-state index >= 15 is 0 Å². The quantitative estimate of drug-likeness (QED) is 0.142. The minimum absolute atomic E-state index is 0.0297. The molecule has 0 aliphatic carbocycles. The summed E-state index contributed by atoms with van der Waals surface area (Å²) in [5.74, 6) is -0.225. The van der Waals surface area contributed by atoms with E-state index in [9.17, 15) is 9.59 Å². The molecule has 0 spiro atoms. The summed E-state index contributed by atoms with van der Waals surface area (Å²) in [6.45, 7) is 1.85. The minimum atomic E-state index is -0.195. The number of hydrogen-bond donors (Lipinski definition) is 0. The first-order chi connectivity index (χ1) is 18.7. The monoisotopic (exact) mass is 647 g/mol. The Bertz CT molecular complexity index is 1680. The highest BCUT2D eigenvalue weighted by atomic mass is 79.9. The molecule has 0 radical (unpaired) electrons. The molecule has 0 aliphatic rings. The predicted molar refractivity (Wildman–Crippen MR) is 156 cm³/mol. The zero-order chi connectivity index (χ0) is 27.9.